The average Bonchev–Trinajstić information content (AvgIpc) is 3.27. The summed E-state index contributed by atoms with van der Waals surface area (Å²) in [5.74, 6) is 2.76. The first-order chi connectivity index (χ1) is 12.5. The van der Waals surface area contributed by atoms with Crippen molar-refractivity contribution >= 4 is 29.9 Å². The van der Waals surface area contributed by atoms with Gasteiger partial charge in [-0.1, -0.05) is 0 Å². The molecule has 0 radical (unpaired) electrons. The van der Waals surface area contributed by atoms with Crippen molar-refractivity contribution in [2.45, 2.75) is 39.4 Å². The molecule has 0 saturated carbocycles. The number of furan rings is 2. The maximum atomic E-state index is 10.6. The monoisotopic (exact) mass is 491 g/mol. The molecule has 3 N–H and O–H groups in total. The first kappa shape index (κ1) is 23.5. The minimum atomic E-state index is -1.15. The summed E-state index contributed by atoms with van der Waals surface area (Å²) in [6.07, 6.45) is 2.47. The third kappa shape index (κ3) is 8.35. The number of rotatable bonds is 10. The van der Waals surface area contributed by atoms with Crippen LogP contribution < -0.4 is 10.6 Å². The third-order valence-corrected chi connectivity index (χ3v) is 3.74. The molecule has 27 heavy (non-hydrogen) atoms. The van der Waals surface area contributed by atoms with Gasteiger partial charge < -0.3 is 29.3 Å². The van der Waals surface area contributed by atoms with E-state index >= 15 is 0 Å². The highest BCUT2D eigenvalue weighted by molar-refractivity contribution is 14.0. The Hall–Kier alpha value is -1.52. The van der Waals surface area contributed by atoms with Crippen LogP contribution in [0, 0.1) is 6.92 Å². The number of halogens is 1. The molecular weight excluding hydrogens is 461 g/mol. The second kappa shape index (κ2) is 12.0. The molecule has 1 unspecified atom stereocenters. The normalized spacial score (nSPS) is 13.7. The van der Waals surface area contributed by atoms with E-state index in [1.807, 2.05) is 32.0 Å². The zero-order chi connectivity index (χ0) is 18.8. The molecule has 1 atom stereocenters. The molecule has 0 aliphatic rings. The van der Waals surface area contributed by atoms with E-state index in [-0.39, 0.29) is 30.5 Å². The fourth-order valence-corrected chi connectivity index (χ4v) is 2.33. The van der Waals surface area contributed by atoms with Crippen LogP contribution in [0.1, 0.15) is 37.5 Å². The minimum Gasteiger partial charge on any atom is -0.467 e. The van der Waals surface area contributed by atoms with Crippen LogP contribution in [0.5, 0.6) is 0 Å². The highest BCUT2D eigenvalue weighted by atomic mass is 127. The number of nitrogens with one attached hydrogen (secondary N) is 2. The van der Waals surface area contributed by atoms with Crippen molar-refractivity contribution in [3.05, 3.63) is 47.8 Å². The second-order valence-electron chi connectivity index (χ2n) is 6.29. The molecule has 2 heterocycles. The molecule has 0 fully saturated rings. The summed E-state index contributed by atoms with van der Waals surface area (Å²) in [6.45, 7) is 8.29. The average molecular weight is 491 g/mol. The predicted molar refractivity (Wildman–Crippen MR) is 115 cm³/mol. The van der Waals surface area contributed by atoms with E-state index in [4.69, 9.17) is 13.6 Å². The van der Waals surface area contributed by atoms with Crippen molar-refractivity contribution in [3.8, 4) is 0 Å². The summed E-state index contributed by atoms with van der Waals surface area (Å²) >= 11 is 0. The van der Waals surface area contributed by atoms with Gasteiger partial charge in [0.15, 0.2) is 5.96 Å². The standard InChI is InChI=1S/C19H29N3O4.HI/c1-4-20-18(21-10-6-11-24-13-16-7-5-12-25-16)22-14-19(3,23)17-9-8-15(2)26-17;/h5,7-9,12,23H,4,6,10-11,13-14H2,1-3H3,(H2,20,21,22);1H. The summed E-state index contributed by atoms with van der Waals surface area (Å²) in [7, 11) is 0. The Bertz CT molecular complexity index is 668. The van der Waals surface area contributed by atoms with Crippen LogP contribution >= 0.6 is 24.0 Å². The van der Waals surface area contributed by atoms with Crippen molar-refractivity contribution in [3.63, 3.8) is 0 Å². The lowest BCUT2D eigenvalue weighted by Crippen LogP contribution is -2.39. The van der Waals surface area contributed by atoms with Gasteiger partial charge in [0, 0.05) is 19.7 Å². The van der Waals surface area contributed by atoms with E-state index in [0.29, 0.717) is 31.5 Å². The molecule has 0 aromatic carbocycles. The lowest BCUT2D eigenvalue weighted by Gasteiger charge is -2.19. The van der Waals surface area contributed by atoms with E-state index < -0.39 is 5.60 Å². The number of aliphatic imine (C=N–C) groups is 1. The number of nitrogens with zero attached hydrogens (tertiary/aromatic N) is 1. The first-order valence-electron chi connectivity index (χ1n) is 8.93. The van der Waals surface area contributed by atoms with Crippen molar-refractivity contribution in [1.29, 1.82) is 0 Å². The van der Waals surface area contributed by atoms with Crippen molar-refractivity contribution in [2.75, 3.05) is 26.2 Å². The van der Waals surface area contributed by atoms with Gasteiger partial charge in [0.25, 0.3) is 0 Å². The third-order valence-electron chi connectivity index (χ3n) is 3.74. The Morgan fingerprint density at radius 3 is 2.74 bits per heavy atom. The number of aliphatic hydroxyl groups is 1. The summed E-state index contributed by atoms with van der Waals surface area (Å²) < 4.78 is 16.3. The molecule has 0 saturated heterocycles. The molecule has 7 nitrogen and oxygen atoms in total. The second-order valence-corrected chi connectivity index (χ2v) is 6.29. The van der Waals surface area contributed by atoms with E-state index in [1.54, 1.807) is 19.3 Å². The van der Waals surface area contributed by atoms with Gasteiger partial charge in [0.2, 0.25) is 0 Å². The Labute approximate surface area is 177 Å². The molecule has 0 aliphatic heterocycles. The van der Waals surface area contributed by atoms with Gasteiger partial charge in [0.1, 0.15) is 29.5 Å². The van der Waals surface area contributed by atoms with Gasteiger partial charge in [-0.05, 0) is 51.5 Å². The largest absolute Gasteiger partial charge is 0.467 e. The highest BCUT2D eigenvalue weighted by Crippen LogP contribution is 2.22. The van der Waals surface area contributed by atoms with Gasteiger partial charge in [-0.3, -0.25) is 0 Å². The number of hydrogen-bond donors (Lipinski definition) is 3. The van der Waals surface area contributed by atoms with E-state index in [1.165, 1.54) is 0 Å². The van der Waals surface area contributed by atoms with Gasteiger partial charge in [-0.15, -0.1) is 24.0 Å². The van der Waals surface area contributed by atoms with Crippen LogP contribution in [0.2, 0.25) is 0 Å². The first-order valence-corrected chi connectivity index (χ1v) is 8.93. The van der Waals surface area contributed by atoms with Gasteiger partial charge in [-0.2, -0.15) is 0 Å². The fraction of sp³-hybridized carbons (Fsp3) is 0.526. The Balaban J connectivity index is 0.00000364. The van der Waals surface area contributed by atoms with E-state index in [9.17, 15) is 5.11 Å². The van der Waals surface area contributed by atoms with E-state index in [0.717, 1.165) is 24.5 Å². The SMILES string of the molecule is CCNC(=NCC(C)(O)c1ccc(C)o1)NCCCOCc1ccco1.I. The highest BCUT2D eigenvalue weighted by Gasteiger charge is 2.26. The van der Waals surface area contributed by atoms with Crippen LogP contribution in [-0.2, 0) is 16.9 Å². The molecule has 2 aromatic rings. The molecular formula is C19H30IN3O4. The molecule has 0 amide bonds. The molecule has 0 spiro atoms. The summed E-state index contributed by atoms with van der Waals surface area (Å²) in [4.78, 5) is 4.46. The lowest BCUT2D eigenvalue weighted by molar-refractivity contribution is 0.0428. The molecule has 152 valence electrons. The van der Waals surface area contributed by atoms with E-state index in [2.05, 4.69) is 15.6 Å². The molecule has 8 heteroatoms. The summed E-state index contributed by atoms with van der Waals surface area (Å²) in [5.41, 5.74) is -1.15. The number of guanidine groups is 1. The Kier molecular flexibility index (Phi) is 10.5. The molecule has 2 rings (SSSR count). The maximum Gasteiger partial charge on any atom is 0.191 e. The minimum absolute atomic E-state index is 0. The van der Waals surface area contributed by atoms with Crippen molar-refractivity contribution in [1.82, 2.24) is 10.6 Å². The van der Waals surface area contributed by atoms with Crippen LogP contribution in [0.4, 0.5) is 0 Å². The van der Waals surface area contributed by atoms with Crippen LogP contribution in [-0.4, -0.2) is 37.3 Å². The zero-order valence-electron chi connectivity index (χ0n) is 16.2. The lowest BCUT2D eigenvalue weighted by atomic mass is 10.0. The molecule has 0 bridgehead atoms. The Morgan fingerprint density at radius 1 is 1.30 bits per heavy atom. The zero-order valence-corrected chi connectivity index (χ0v) is 18.5. The quantitative estimate of drug-likeness (QED) is 0.205. The fourth-order valence-electron chi connectivity index (χ4n) is 2.33. The smallest absolute Gasteiger partial charge is 0.191 e. The number of aryl methyl sites for hydroxylation is 1. The van der Waals surface area contributed by atoms with Crippen molar-refractivity contribution < 1.29 is 18.7 Å². The van der Waals surface area contributed by atoms with Gasteiger partial charge >= 0.3 is 0 Å². The topological polar surface area (TPSA) is 92.2 Å². The maximum absolute atomic E-state index is 10.6. The number of hydrogen-bond acceptors (Lipinski definition) is 5. The predicted octanol–water partition coefficient (Wildman–Crippen LogP) is 3.17. The molecule has 2 aromatic heterocycles. The Morgan fingerprint density at radius 2 is 2.11 bits per heavy atom. The van der Waals surface area contributed by atoms with Crippen molar-refractivity contribution in [2.24, 2.45) is 4.99 Å². The van der Waals surface area contributed by atoms with Crippen LogP contribution in [0.15, 0.2) is 44.4 Å². The summed E-state index contributed by atoms with van der Waals surface area (Å²) in [5, 5.41) is 17.0. The van der Waals surface area contributed by atoms with Crippen LogP contribution in [0.3, 0.4) is 0 Å². The van der Waals surface area contributed by atoms with Crippen LogP contribution in [0.25, 0.3) is 0 Å². The summed E-state index contributed by atoms with van der Waals surface area (Å²) in [6, 6.07) is 7.35. The van der Waals surface area contributed by atoms with Gasteiger partial charge in [-0.25, -0.2) is 4.99 Å². The van der Waals surface area contributed by atoms with Gasteiger partial charge in [0.05, 0.1) is 12.8 Å². The molecule has 0 aliphatic carbocycles. The number of ether oxygens (including phenoxy) is 1.